The maximum absolute atomic E-state index is 12.8. The van der Waals surface area contributed by atoms with Crippen LogP contribution in [0, 0.1) is 5.82 Å². The molecule has 0 amide bonds. The number of aromatic amines is 1. The minimum absolute atomic E-state index is 0.00214. The summed E-state index contributed by atoms with van der Waals surface area (Å²) in [7, 11) is -3.86. The molecule has 0 unspecified atom stereocenters. The predicted molar refractivity (Wildman–Crippen MR) is 87.3 cm³/mol. The van der Waals surface area contributed by atoms with Gasteiger partial charge in [0.2, 0.25) is 10.0 Å². The normalized spacial score (nSPS) is 12.5. The molecule has 0 bridgehead atoms. The molecule has 1 aromatic carbocycles. The van der Waals surface area contributed by atoms with Gasteiger partial charge in [-0.2, -0.15) is 18.3 Å². The third-order valence-corrected chi connectivity index (χ3v) is 6.36. The van der Waals surface area contributed by atoms with Crippen molar-refractivity contribution in [3.63, 3.8) is 0 Å². The average Bonchev–Trinajstić information content (AvgIpc) is 3.23. The molecular formula is C15H11F4N3O2S2. The molecule has 0 atom stereocenters. The van der Waals surface area contributed by atoms with Crippen LogP contribution in [-0.2, 0) is 22.7 Å². The van der Waals surface area contributed by atoms with Gasteiger partial charge in [-0.3, -0.25) is 5.10 Å². The van der Waals surface area contributed by atoms with Gasteiger partial charge in [-0.15, -0.1) is 11.3 Å². The van der Waals surface area contributed by atoms with Crippen molar-refractivity contribution in [2.75, 3.05) is 0 Å². The third kappa shape index (κ3) is 4.11. The van der Waals surface area contributed by atoms with Gasteiger partial charge >= 0.3 is 6.18 Å². The standard InChI is InChI=1S/C15H11F4N3O2S2/c16-10-3-1-9(2-4-10)8-20-26(23,24)14-6-5-12(25-14)11-7-13(22-21-11)15(17,18)19/h1-7,20H,8H2,(H,21,22). The van der Waals surface area contributed by atoms with Gasteiger partial charge in [0.05, 0.1) is 4.88 Å². The molecule has 0 spiro atoms. The second kappa shape index (κ2) is 6.82. The van der Waals surface area contributed by atoms with Crippen molar-refractivity contribution in [2.45, 2.75) is 16.9 Å². The molecule has 5 nitrogen and oxygen atoms in total. The van der Waals surface area contributed by atoms with Gasteiger partial charge in [0.15, 0.2) is 0 Å². The van der Waals surface area contributed by atoms with Gasteiger partial charge in [0, 0.05) is 6.54 Å². The van der Waals surface area contributed by atoms with E-state index in [4.69, 9.17) is 0 Å². The van der Waals surface area contributed by atoms with Crippen LogP contribution in [0.15, 0.2) is 46.7 Å². The van der Waals surface area contributed by atoms with E-state index in [-0.39, 0.29) is 21.3 Å². The summed E-state index contributed by atoms with van der Waals surface area (Å²) in [6, 6.07) is 8.79. The van der Waals surface area contributed by atoms with E-state index in [9.17, 15) is 26.0 Å². The van der Waals surface area contributed by atoms with Crippen molar-refractivity contribution in [3.05, 3.63) is 59.5 Å². The molecule has 11 heteroatoms. The van der Waals surface area contributed by atoms with E-state index < -0.39 is 27.7 Å². The molecule has 3 aromatic rings. The molecule has 26 heavy (non-hydrogen) atoms. The van der Waals surface area contributed by atoms with E-state index in [1.807, 2.05) is 5.10 Å². The highest BCUT2D eigenvalue weighted by Crippen LogP contribution is 2.34. The van der Waals surface area contributed by atoms with E-state index >= 15 is 0 Å². The molecule has 0 aliphatic rings. The van der Waals surface area contributed by atoms with Crippen molar-refractivity contribution in [3.8, 4) is 10.6 Å². The molecule has 2 heterocycles. The fraction of sp³-hybridized carbons (Fsp3) is 0.133. The number of nitrogens with one attached hydrogen (secondary N) is 2. The SMILES string of the molecule is O=S(=O)(NCc1ccc(F)cc1)c1ccc(-c2cc(C(F)(F)F)[nH]n2)s1. The number of rotatable bonds is 5. The minimum atomic E-state index is -4.56. The Labute approximate surface area is 149 Å². The van der Waals surface area contributed by atoms with Crippen molar-refractivity contribution < 1.29 is 26.0 Å². The van der Waals surface area contributed by atoms with Gasteiger partial charge in [-0.1, -0.05) is 12.1 Å². The van der Waals surface area contributed by atoms with Crippen molar-refractivity contribution >= 4 is 21.4 Å². The molecule has 2 aromatic heterocycles. The zero-order valence-electron chi connectivity index (χ0n) is 12.8. The lowest BCUT2D eigenvalue weighted by Crippen LogP contribution is -2.22. The Morgan fingerprint density at radius 2 is 1.81 bits per heavy atom. The first-order valence-electron chi connectivity index (χ1n) is 7.12. The summed E-state index contributed by atoms with van der Waals surface area (Å²) >= 11 is 0.794. The lowest BCUT2D eigenvalue weighted by molar-refractivity contribution is -0.141. The molecule has 2 N–H and O–H groups in total. The Morgan fingerprint density at radius 1 is 1.12 bits per heavy atom. The van der Waals surface area contributed by atoms with Crippen LogP contribution >= 0.6 is 11.3 Å². The van der Waals surface area contributed by atoms with E-state index in [1.54, 1.807) is 0 Å². The monoisotopic (exact) mass is 405 g/mol. The second-order valence-corrected chi connectivity index (χ2v) is 8.31. The number of nitrogens with zero attached hydrogens (tertiary/aromatic N) is 1. The van der Waals surface area contributed by atoms with Crippen LogP contribution < -0.4 is 4.72 Å². The zero-order valence-corrected chi connectivity index (χ0v) is 14.5. The van der Waals surface area contributed by atoms with Crippen LogP contribution in [0.5, 0.6) is 0 Å². The average molecular weight is 405 g/mol. The van der Waals surface area contributed by atoms with E-state index in [2.05, 4.69) is 9.82 Å². The van der Waals surface area contributed by atoms with Crippen LogP contribution in [0.4, 0.5) is 17.6 Å². The maximum Gasteiger partial charge on any atom is 0.432 e. The Bertz CT molecular complexity index is 1010. The van der Waals surface area contributed by atoms with Crippen LogP contribution in [0.25, 0.3) is 10.6 Å². The first-order valence-corrected chi connectivity index (χ1v) is 9.42. The summed E-state index contributed by atoms with van der Waals surface area (Å²) in [5, 5.41) is 5.44. The summed E-state index contributed by atoms with van der Waals surface area (Å²) in [5.74, 6) is -0.434. The third-order valence-electron chi connectivity index (χ3n) is 3.36. The van der Waals surface area contributed by atoms with E-state index in [1.165, 1.54) is 36.4 Å². The molecule has 0 fully saturated rings. The van der Waals surface area contributed by atoms with Gasteiger partial charge in [0.25, 0.3) is 0 Å². The lowest BCUT2D eigenvalue weighted by atomic mass is 10.2. The fourth-order valence-electron chi connectivity index (χ4n) is 2.05. The van der Waals surface area contributed by atoms with Gasteiger partial charge in [0.1, 0.15) is 21.4 Å². The van der Waals surface area contributed by atoms with Gasteiger partial charge in [-0.05, 0) is 35.9 Å². The second-order valence-electron chi connectivity index (χ2n) is 5.23. The number of benzene rings is 1. The molecule has 0 radical (unpaired) electrons. The summed E-state index contributed by atoms with van der Waals surface area (Å²) in [6.45, 7) is -0.0452. The highest BCUT2D eigenvalue weighted by molar-refractivity contribution is 7.91. The number of alkyl halides is 3. The number of sulfonamides is 1. The zero-order chi connectivity index (χ0) is 18.9. The summed E-state index contributed by atoms with van der Waals surface area (Å²) in [5.41, 5.74) is -0.448. The molecule has 0 saturated carbocycles. The highest BCUT2D eigenvalue weighted by Gasteiger charge is 2.33. The van der Waals surface area contributed by atoms with Crippen LogP contribution in [-0.4, -0.2) is 18.6 Å². The van der Waals surface area contributed by atoms with E-state index in [0.29, 0.717) is 5.56 Å². The molecular weight excluding hydrogens is 394 g/mol. The quantitative estimate of drug-likeness (QED) is 0.635. The number of thiophene rings is 1. The first kappa shape index (κ1) is 18.5. The smallest absolute Gasteiger partial charge is 0.273 e. The van der Waals surface area contributed by atoms with Gasteiger partial charge < -0.3 is 0 Å². The summed E-state index contributed by atoms with van der Waals surface area (Å²) in [6.07, 6.45) is -4.56. The van der Waals surface area contributed by atoms with Crippen molar-refractivity contribution in [1.82, 2.24) is 14.9 Å². The molecule has 0 saturated heterocycles. The Balaban J connectivity index is 1.75. The van der Waals surface area contributed by atoms with Crippen LogP contribution in [0.1, 0.15) is 11.3 Å². The minimum Gasteiger partial charge on any atom is -0.273 e. The number of H-pyrrole nitrogens is 1. The number of aromatic nitrogens is 2. The van der Waals surface area contributed by atoms with Crippen molar-refractivity contribution in [2.24, 2.45) is 0 Å². The molecule has 3 rings (SSSR count). The van der Waals surface area contributed by atoms with E-state index in [0.717, 1.165) is 17.4 Å². The summed E-state index contributed by atoms with van der Waals surface area (Å²) < 4.78 is 77.5. The molecule has 138 valence electrons. The summed E-state index contributed by atoms with van der Waals surface area (Å²) in [4.78, 5) is 0.277. The number of hydrogen-bond acceptors (Lipinski definition) is 4. The Morgan fingerprint density at radius 3 is 2.42 bits per heavy atom. The topological polar surface area (TPSA) is 74.8 Å². The number of halogens is 4. The predicted octanol–water partition coefficient (Wildman–Crippen LogP) is 3.77. The lowest BCUT2D eigenvalue weighted by Gasteiger charge is -2.04. The Kier molecular flexibility index (Phi) is 4.86. The van der Waals surface area contributed by atoms with Crippen LogP contribution in [0.2, 0.25) is 0 Å². The first-order chi connectivity index (χ1) is 12.1. The van der Waals surface area contributed by atoms with Crippen LogP contribution in [0.3, 0.4) is 0 Å². The highest BCUT2D eigenvalue weighted by atomic mass is 32.2. The Hall–Kier alpha value is -2.24. The van der Waals surface area contributed by atoms with Gasteiger partial charge in [-0.25, -0.2) is 17.5 Å². The molecule has 0 aliphatic carbocycles. The molecule has 0 aliphatic heterocycles. The van der Waals surface area contributed by atoms with Crippen molar-refractivity contribution in [1.29, 1.82) is 0 Å². The number of hydrogen-bond donors (Lipinski definition) is 2. The largest absolute Gasteiger partial charge is 0.432 e. The fourth-order valence-corrected chi connectivity index (χ4v) is 4.38. The maximum atomic E-state index is 12.8.